The summed E-state index contributed by atoms with van der Waals surface area (Å²) in [6.07, 6.45) is 3.69. The molecule has 0 fully saturated rings. The monoisotopic (exact) mass is 432 g/mol. The molecule has 2 heterocycles. The van der Waals surface area contributed by atoms with Crippen LogP contribution in [-0.4, -0.2) is 20.0 Å². The molecule has 2 aromatic carbocycles. The number of aromatic amines is 1. The number of carbonyl (C=O) groups is 1. The van der Waals surface area contributed by atoms with Gasteiger partial charge in [0.2, 0.25) is 0 Å². The minimum Gasteiger partial charge on any atom is -0.347 e. The average molecular weight is 433 g/mol. The second-order valence-corrected chi connectivity index (χ2v) is 8.37. The number of benzene rings is 2. The SMILES string of the molecule is C=CCn1c(=S)[nH]c2cc(C(=O)Nc3ccc4c(ccn4CC(C)C)c3)ccc2c1=O. The zero-order valence-corrected chi connectivity index (χ0v) is 18.3. The lowest BCUT2D eigenvalue weighted by Crippen LogP contribution is -2.22. The summed E-state index contributed by atoms with van der Waals surface area (Å²) in [5.74, 6) is 0.300. The van der Waals surface area contributed by atoms with E-state index < -0.39 is 0 Å². The Labute approximate surface area is 184 Å². The standard InChI is InChI=1S/C24H24N4O2S/c1-4-10-28-23(30)19-7-5-17(13-20(19)26-24(28)31)22(29)25-18-6-8-21-16(12-18)9-11-27(21)14-15(2)3/h4-9,11-13,15H,1,10,14H2,2-3H3,(H,25,29)(H,26,31). The van der Waals surface area contributed by atoms with E-state index in [1.54, 1.807) is 24.3 Å². The quantitative estimate of drug-likeness (QED) is 0.329. The van der Waals surface area contributed by atoms with Crippen LogP contribution in [-0.2, 0) is 13.1 Å². The van der Waals surface area contributed by atoms with E-state index in [2.05, 4.69) is 47.6 Å². The molecule has 0 spiro atoms. The van der Waals surface area contributed by atoms with Crippen LogP contribution < -0.4 is 10.9 Å². The molecular formula is C24H24N4O2S. The first-order chi connectivity index (χ1) is 14.9. The average Bonchev–Trinajstić information content (AvgIpc) is 3.12. The number of amides is 1. The number of rotatable bonds is 6. The number of hydrogen-bond acceptors (Lipinski definition) is 3. The number of fused-ring (bicyclic) bond motifs is 2. The lowest BCUT2D eigenvalue weighted by atomic mass is 10.1. The van der Waals surface area contributed by atoms with Crippen molar-refractivity contribution in [2.45, 2.75) is 26.9 Å². The van der Waals surface area contributed by atoms with Gasteiger partial charge in [0.1, 0.15) is 0 Å². The molecule has 0 saturated carbocycles. The van der Waals surface area contributed by atoms with Crippen molar-refractivity contribution < 1.29 is 4.79 Å². The molecular weight excluding hydrogens is 408 g/mol. The summed E-state index contributed by atoms with van der Waals surface area (Å²) >= 11 is 5.28. The summed E-state index contributed by atoms with van der Waals surface area (Å²) in [6, 6.07) is 12.9. The summed E-state index contributed by atoms with van der Waals surface area (Å²) in [6.45, 7) is 9.30. The summed E-state index contributed by atoms with van der Waals surface area (Å²) in [5, 5.41) is 4.49. The zero-order valence-electron chi connectivity index (χ0n) is 17.5. The van der Waals surface area contributed by atoms with Crippen LogP contribution in [0.2, 0.25) is 0 Å². The third kappa shape index (κ3) is 4.09. The maximum atomic E-state index is 12.8. The molecule has 4 aromatic rings. The molecule has 0 atom stereocenters. The molecule has 1 amide bonds. The summed E-state index contributed by atoms with van der Waals surface area (Å²) < 4.78 is 3.95. The fraction of sp³-hybridized carbons (Fsp3) is 0.208. The first-order valence-corrected chi connectivity index (χ1v) is 10.6. The van der Waals surface area contributed by atoms with E-state index >= 15 is 0 Å². The Balaban J connectivity index is 1.62. The smallest absolute Gasteiger partial charge is 0.262 e. The predicted molar refractivity (Wildman–Crippen MR) is 128 cm³/mol. The Bertz CT molecular complexity index is 1430. The molecule has 4 rings (SSSR count). The molecule has 7 heteroatoms. The van der Waals surface area contributed by atoms with E-state index in [4.69, 9.17) is 12.2 Å². The van der Waals surface area contributed by atoms with Gasteiger partial charge in [-0.25, -0.2) is 0 Å². The van der Waals surface area contributed by atoms with Crippen LogP contribution in [0.5, 0.6) is 0 Å². The van der Waals surface area contributed by atoms with Gasteiger partial charge in [-0.3, -0.25) is 14.2 Å². The van der Waals surface area contributed by atoms with Crippen LogP contribution in [0.4, 0.5) is 5.69 Å². The molecule has 0 aliphatic rings. The summed E-state index contributed by atoms with van der Waals surface area (Å²) in [4.78, 5) is 28.5. The van der Waals surface area contributed by atoms with Gasteiger partial charge in [0, 0.05) is 41.4 Å². The fourth-order valence-electron chi connectivity index (χ4n) is 3.72. The van der Waals surface area contributed by atoms with E-state index in [1.165, 1.54) is 4.57 Å². The van der Waals surface area contributed by atoms with Crippen molar-refractivity contribution in [1.82, 2.24) is 14.1 Å². The van der Waals surface area contributed by atoms with Crippen LogP contribution in [0.25, 0.3) is 21.8 Å². The number of nitrogens with zero attached hydrogens (tertiary/aromatic N) is 2. The zero-order chi connectivity index (χ0) is 22.1. The number of aromatic nitrogens is 3. The van der Waals surface area contributed by atoms with Crippen LogP contribution in [0.15, 0.2) is 66.1 Å². The second kappa shape index (κ2) is 8.35. The van der Waals surface area contributed by atoms with E-state index in [-0.39, 0.29) is 11.5 Å². The van der Waals surface area contributed by atoms with Gasteiger partial charge in [0.25, 0.3) is 11.5 Å². The van der Waals surface area contributed by atoms with E-state index in [0.717, 1.165) is 17.4 Å². The molecule has 0 bridgehead atoms. The van der Waals surface area contributed by atoms with Gasteiger partial charge in [-0.05, 0) is 60.6 Å². The van der Waals surface area contributed by atoms with Crippen LogP contribution >= 0.6 is 12.2 Å². The minimum absolute atomic E-state index is 0.207. The topological polar surface area (TPSA) is 71.8 Å². The van der Waals surface area contributed by atoms with Gasteiger partial charge in [0.15, 0.2) is 4.77 Å². The molecule has 6 nitrogen and oxygen atoms in total. The van der Waals surface area contributed by atoms with Crippen molar-refractivity contribution in [3.63, 3.8) is 0 Å². The normalized spacial score (nSPS) is 11.3. The molecule has 2 aromatic heterocycles. The van der Waals surface area contributed by atoms with Gasteiger partial charge in [-0.1, -0.05) is 19.9 Å². The van der Waals surface area contributed by atoms with Crippen molar-refractivity contribution in [3.8, 4) is 0 Å². The molecule has 2 N–H and O–H groups in total. The highest BCUT2D eigenvalue weighted by molar-refractivity contribution is 7.71. The molecule has 158 valence electrons. The van der Waals surface area contributed by atoms with Crippen molar-refractivity contribution in [1.29, 1.82) is 0 Å². The molecule has 0 unspecified atom stereocenters. The molecule has 0 aliphatic heterocycles. The highest BCUT2D eigenvalue weighted by Crippen LogP contribution is 2.22. The Morgan fingerprint density at radius 3 is 2.77 bits per heavy atom. The van der Waals surface area contributed by atoms with E-state index in [1.807, 2.05) is 18.2 Å². The molecule has 31 heavy (non-hydrogen) atoms. The van der Waals surface area contributed by atoms with Crippen LogP contribution in [0.1, 0.15) is 24.2 Å². The summed E-state index contributed by atoms with van der Waals surface area (Å²) in [5.41, 5.74) is 2.62. The van der Waals surface area contributed by atoms with Gasteiger partial charge in [-0.15, -0.1) is 6.58 Å². The minimum atomic E-state index is -0.252. The lowest BCUT2D eigenvalue weighted by molar-refractivity contribution is 0.102. The largest absolute Gasteiger partial charge is 0.347 e. The molecule has 0 saturated heterocycles. The van der Waals surface area contributed by atoms with E-state index in [0.29, 0.717) is 39.4 Å². The second-order valence-electron chi connectivity index (χ2n) is 7.98. The van der Waals surface area contributed by atoms with Gasteiger partial charge in [0.05, 0.1) is 10.9 Å². The van der Waals surface area contributed by atoms with E-state index in [9.17, 15) is 9.59 Å². The lowest BCUT2D eigenvalue weighted by Gasteiger charge is -2.10. The predicted octanol–water partition coefficient (Wildman–Crippen LogP) is 5.11. The number of carbonyl (C=O) groups excluding carboxylic acids is 1. The van der Waals surface area contributed by atoms with Gasteiger partial charge >= 0.3 is 0 Å². The van der Waals surface area contributed by atoms with Crippen molar-refractivity contribution in [2.75, 3.05) is 5.32 Å². The first kappa shape index (κ1) is 20.8. The van der Waals surface area contributed by atoms with Gasteiger partial charge in [-0.2, -0.15) is 0 Å². The third-order valence-electron chi connectivity index (χ3n) is 5.15. The number of anilines is 1. The highest BCUT2D eigenvalue weighted by Gasteiger charge is 2.11. The molecule has 0 radical (unpaired) electrons. The Morgan fingerprint density at radius 1 is 1.23 bits per heavy atom. The van der Waals surface area contributed by atoms with Gasteiger partial charge < -0.3 is 14.9 Å². The third-order valence-corrected chi connectivity index (χ3v) is 5.47. The Hall–Kier alpha value is -3.45. The number of hydrogen-bond donors (Lipinski definition) is 2. The highest BCUT2D eigenvalue weighted by atomic mass is 32.1. The maximum Gasteiger partial charge on any atom is 0.262 e. The Morgan fingerprint density at radius 2 is 2.03 bits per heavy atom. The van der Waals surface area contributed by atoms with Crippen LogP contribution in [0.3, 0.4) is 0 Å². The number of allylic oxidation sites excluding steroid dienone is 1. The van der Waals surface area contributed by atoms with Crippen molar-refractivity contribution in [2.24, 2.45) is 5.92 Å². The van der Waals surface area contributed by atoms with Crippen molar-refractivity contribution in [3.05, 3.63) is 82.0 Å². The molecule has 0 aliphatic carbocycles. The summed E-state index contributed by atoms with van der Waals surface area (Å²) in [7, 11) is 0. The maximum absolute atomic E-state index is 12.8. The van der Waals surface area contributed by atoms with Crippen LogP contribution in [0, 0.1) is 10.7 Å². The number of nitrogens with one attached hydrogen (secondary N) is 2. The number of H-pyrrole nitrogens is 1. The Kier molecular flexibility index (Phi) is 5.61. The van der Waals surface area contributed by atoms with Crippen molar-refractivity contribution >= 4 is 45.6 Å². The first-order valence-electron chi connectivity index (χ1n) is 10.2. The fourth-order valence-corrected chi connectivity index (χ4v) is 3.99.